The van der Waals surface area contributed by atoms with Gasteiger partial charge in [-0.1, -0.05) is 0 Å². The summed E-state index contributed by atoms with van der Waals surface area (Å²) in [6.45, 7) is 7.83. The molecule has 116 valence electrons. The van der Waals surface area contributed by atoms with Crippen molar-refractivity contribution in [2.24, 2.45) is 0 Å². The number of aryl methyl sites for hydroxylation is 1. The summed E-state index contributed by atoms with van der Waals surface area (Å²) < 4.78 is 0. The molecular weight excluding hydrogens is 268 g/mol. The van der Waals surface area contributed by atoms with Crippen molar-refractivity contribution in [2.75, 3.05) is 58.3 Å². The van der Waals surface area contributed by atoms with Crippen LogP contribution in [-0.4, -0.2) is 79.2 Å². The second-order valence-corrected chi connectivity index (χ2v) is 5.74. The summed E-state index contributed by atoms with van der Waals surface area (Å²) in [6, 6.07) is 3.46. The number of aromatic carboxylic acids is 1. The summed E-state index contributed by atoms with van der Waals surface area (Å²) in [5.74, 6) is -0.0372. The van der Waals surface area contributed by atoms with Crippen molar-refractivity contribution >= 4 is 11.8 Å². The number of aromatic nitrogens is 1. The standard InChI is InChI=1S/C15H24N4O2/c1-12-13(15(20)21)4-5-14(16-12)19-10-8-18(9-11-19)7-6-17(2)3/h4-5H,6-11H2,1-3H3,(H,20,21). The summed E-state index contributed by atoms with van der Waals surface area (Å²) in [6.07, 6.45) is 0. The van der Waals surface area contributed by atoms with Crippen LogP contribution in [0.25, 0.3) is 0 Å². The number of hydrogen-bond acceptors (Lipinski definition) is 5. The molecule has 1 saturated heterocycles. The molecule has 0 saturated carbocycles. The van der Waals surface area contributed by atoms with Gasteiger partial charge in [-0.2, -0.15) is 0 Å². The molecule has 0 aliphatic carbocycles. The molecule has 1 aliphatic heterocycles. The minimum absolute atomic E-state index is 0.281. The van der Waals surface area contributed by atoms with Crippen LogP contribution in [0.1, 0.15) is 16.1 Å². The molecule has 1 aromatic heterocycles. The molecule has 1 N–H and O–H groups in total. The first kappa shape index (κ1) is 15.7. The quantitative estimate of drug-likeness (QED) is 0.865. The molecular formula is C15H24N4O2. The third-order valence-electron chi connectivity index (χ3n) is 3.86. The van der Waals surface area contributed by atoms with Crippen LogP contribution < -0.4 is 4.90 Å². The monoisotopic (exact) mass is 292 g/mol. The fraction of sp³-hybridized carbons (Fsp3) is 0.600. The highest BCUT2D eigenvalue weighted by atomic mass is 16.4. The molecule has 2 rings (SSSR count). The Morgan fingerprint density at radius 2 is 1.95 bits per heavy atom. The number of carboxylic acid groups (broad SMARTS) is 1. The van der Waals surface area contributed by atoms with Gasteiger partial charge in [0.05, 0.1) is 11.3 Å². The SMILES string of the molecule is Cc1nc(N2CCN(CCN(C)C)CC2)ccc1C(=O)O. The van der Waals surface area contributed by atoms with Crippen LogP contribution in [0.5, 0.6) is 0 Å². The van der Waals surface area contributed by atoms with Crippen LogP contribution in [0.4, 0.5) is 5.82 Å². The number of pyridine rings is 1. The largest absolute Gasteiger partial charge is 0.478 e. The van der Waals surface area contributed by atoms with Gasteiger partial charge in [-0.05, 0) is 33.2 Å². The maximum absolute atomic E-state index is 11.0. The smallest absolute Gasteiger partial charge is 0.337 e. The first-order chi connectivity index (χ1) is 9.97. The lowest BCUT2D eigenvalue weighted by molar-refractivity contribution is 0.0695. The first-order valence-electron chi connectivity index (χ1n) is 7.30. The maximum atomic E-state index is 11.0. The maximum Gasteiger partial charge on any atom is 0.337 e. The van der Waals surface area contributed by atoms with Crippen LogP contribution in [0.2, 0.25) is 0 Å². The molecule has 0 radical (unpaired) electrons. The Kier molecular flexibility index (Phi) is 5.14. The van der Waals surface area contributed by atoms with Crippen LogP contribution in [-0.2, 0) is 0 Å². The van der Waals surface area contributed by atoms with E-state index in [1.807, 2.05) is 6.07 Å². The predicted molar refractivity (Wildman–Crippen MR) is 83.1 cm³/mol. The predicted octanol–water partition coefficient (Wildman–Crippen LogP) is 0.772. The van der Waals surface area contributed by atoms with Gasteiger partial charge >= 0.3 is 5.97 Å². The number of piperazine rings is 1. The second-order valence-electron chi connectivity index (χ2n) is 5.74. The molecule has 0 atom stereocenters. The van der Waals surface area contributed by atoms with Gasteiger partial charge in [0.25, 0.3) is 0 Å². The summed E-state index contributed by atoms with van der Waals surface area (Å²) in [7, 11) is 4.18. The average Bonchev–Trinajstić information content (AvgIpc) is 2.45. The number of likely N-dealkylation sites (N-methyl/N-ethyl adjacent to an activating group) is 1. The van der Waals surface area contributed by atoms with Gasteiger partial charge in [-0.25, -0.2) is 9.78 Å². The Bertz CT molecular complexity index is 496. The zero-order chi connectivity index (χ0) is 15.4. The van der Waals surface area contributed by atoms with Crippen LogP contribution in [0.3, 0.4) is 0 Å². The first-order valence-corrected chi connectivity index (χ1v) is 7.30. The molecule has 6 nitrogen and oxygen atoms in total. The van der Waals surface area contributed by atoms with E-state index in [-0.39, 0.29) is 5.56 Å². The lowest BCUT2D eigenvalue weighted by Crippen LogP contribution is -2.48. The Morgan fingerprint density at radius 3 is 2.48 bits per heavy atom. The van der Waals surface area contributed by atoms with Gasteiger partial charge in [-0.15, -0.1) is 0 Å². The van der Waals surface area contributed by atoms with Gasteiger partial charge in [0.1, 0.15) is 5.82 Å². The molecule has 0 aromatic carbocycles. The molecule has 1 aliphatic rings. The van der Waals surface area contributed by atoms with Crippen molar-refractivity contribution < 1.29 is 9.90 Å². The highest BCUT2D eigenvalue weighted by Gasteiger charge is 2.19. The van der Waals surface area contributed by atoms with E-state index in [4.69, 9.17) is 5.11 Å². The van der Waals surface area contributed by atoms with Gasteiger partial charge in [-0.3, -0.25) is 4.90 Å². The minimum Gasteiger partial charge on any atom is -0.478 e. The number of hydrogen-bond donors (Lipinski definition) is 1. The Balaban J connectivity index is 1.93. The van der Waals surface area contributed by atoms with Crippen LogP contribution in [0, 0.1) is 6.92 Å². The van der Waals surface area contributed by atoms with Crippen molar-refractivity contribution in [3.8, 4) is 0 Å². The molecule has 6 heteroatoms. The third-order valence-corrected chi connectivity index (χ3v) is 3.86. The van der Waals surface area contributed by atoms with Gasteiger partial charge < -0.3 is 14.9 Å². The number of anilines is 1. The topological polar surface area (TPSA) is 59.9 Å². The molecule has 1 aromatic rings. The Labute approximate surface area is 126 Å². The second kappa shape index (κ2) is 6.87. The molecule has 2 heterocycles. The highest BCUT2D eigenvalue weighted by Crippen LogP contribution is 2.16. The summed E-state index contributed by atoms with van der Waals surface area (Å²) in [5.41, 5.74) is 0.860. The minimum atomic E-state index is -0.917. The molecule has 0 bridgehead atoms. The van der Waals surface area contributed by atoms with E-state index in [1.54, 1.807) is 13.0 Å². The molecule has 21 heavy (non-hydrogen) atoms. The van der Waals surface area contributed by atoms with E-state index in [0.717, 1.165) is 45.1 Å². The Hall–Kier alpha value is -1.66. The van der Waals surface area contributed by atoms with Gasteiger partial charge in [0, 0.05) is 39.3 Å². The molecule has 0 spiro atoms. The zero-order valence-corrected chi connectivity index (χ0v) is 13.0. The highest BCUT2D eigenvalue weighted by molar-refractivity contribution is 5.89. The molecule has 0 amide bonds. The number of carboxylic acids is 1. The summed E-state index contributed by atoms with van der Waals surface area (Å²) >= 11 is 0. The normalized spacial score (nSPS) is 16.5. The Morgan fingerprint density at radius 1 is 1.29 bits per heavy atom. The van der Waals surface area contributed by atoms with E-state index in [9.17, 15) is 4.79 Å². The van der Waals surface area contributed by atoms with Crippen LogP contribution in [0.15, 0.2) is 12.1 Å². The van der Waals surface area contributed by atoms with E-state index in [2.05, 4.69) is 33.8 Å². The van der Waals surface area contributed by atoms with Gasteiger partial charge in [0.15, 0.2) is 0 Å². The van der Waals surface area contributed by atoms with Crippen molar-refractivity contribution in [1.29, 1.82) is 0 Å². The molecule has 0 unspecified atom stereocenters. The van der Waals surface area contributed by atoms with E-state index in [0.29, 0.717) is 5.69 Å². The summed E-state index contributed by atoms with van der Waals surface area (Å²) in [5, 5.41) is 9.04. The fourth-order valence-corrected chi connectivity index (χ4v) is 2.49. The number of rotatable bonds is 5. The average molecular weight is 292 g/mol. The van der Waals surface area contributed by atoms with Crippen molar-refractivity contribution in [3.05, 3.63) is 23.4 Å². The fourth-order valence-electron chi connectivity index (χ4n) is 2.49. The number of carbonyl (C=O) groups is 1. The van der Waals surface area contributed by atoms with Crippen molar-refractivity contribution in [3.63, 3.8) is 0 Å². The van der Waals surface area contributed by atoms with E-state index >= 15 is 0 Å². The lowest BCUT2D eigenvalue weighted by atomic mass is 10.2. The zero-order valence-electron chi connectivity index (χ0n) is 13.0. The van der Waals surface area contributed by atoms with Crippen molar-refractivity contribution in [2.45, 2.75) is 6.92 Å². The van der Waals surface area contributed by atoms with Crippen molar-refractivity contribution in [1.82, 2.24) is 14.8 Å². The van der Waals surface area contributed by atoms with E-state index < -0.39 is 5.97 Å². The van der Waals surface area contributed by atoms with Gasteiger partial charge in [0.2, 0.25) is 0 Å². The lowest BCUT2D eigenvalue weighted by Gasteiger charge is -2.36. The molecule has 1 fully saturated rings. The van der Waals surface area contributed by atoms with Crippen LogP contribution >= 0.6 is 0 Å². The van der Waals surface area contributed by atoms with E-state index in [1.165, 1.54) is 0 Å². The summed E-state index contributed by atoms with van der Waals surface area (Å²) in [4.78, 5) is 22.3. The number of nitrogens with zero attached hydrogens (tertiary/aromatic N) is 4. The third kappa shape index (κ3) is 4.15.